The summed E-state index contributed by atoms with van der Waals surface area (Å²) in [4.78, 5) is 4.18. The van der Waals surface area contributed by atoms with Gasteiger partial charge in [-0.1, -0.05) is 24.9 Å². The van der Waals surface area contributed by atoms with Gasteiger partial charge in [-0.15, -0.1) is 0 Å². The number of anilines is 2. The molecule has 2 rings (SSSR count). The molecule has 0 bridgehead atoms. The van der Waals surface area contributed by atoms with Crippen LogP contribution < -0.4 is 11.1 Å². The summed E-state index contributed by atoms with van der Waals surface area (Å²) < 4.78 is 0. The lowest BCUT2D eigenvalue weighted by atomic mass is 10.2. The molecule has 1 aliphatic carbocycles. The molecular weight excluding hydrogens is 210 g/mol. The molecule has 1 heterocycles. The van der Waals surface area contributed by atoms with Gasteiger partial charge in [-0.3, -0.25) is 0 Å². The maximum Gasteiger partial charge on any atom is 0.133 e. The summed E-state index contributed by atoms with van der Waals surface area (Å²) in [5, 5.41) is 3.81. The first-order valence-electron chi connectivity index (χ1n) is 5.38. The van der Waals surface area contributed by atoms with E-state index >= 15 is 0 Å². The van der Waals surface area contributed by atoms with Crippen LogP contribution in [0.5, 0.6) is 0 Å². The highest BCUT2D eigenvalue weighted by Crippen LogP contribution is 2.37. The summed E-state index contributed by atoms with van der Waals surface area (Å²) in [6.45, 7) is 2.21. The largest absolute Gasteiger partial charge is 0.399 e. The second-order valence-corrected chi connectivity index (χ2v) is 4.53. The fourth-order valence-corrected chi connectivity index (χ4v) is 2.11. The summed E-state index contributed by atoms with van der Waals surface area (Å²) in [7, 11) is 0. The molecule has 3 N–H and O–H groups in total. The Bertz CT molecular complexity index is 333. The van der Waals surface area contributed by atoms with Crippen LogP contribution >= 0.6 is 11.6 Å². The van der Waals surface area contributed by atoms with E-state index in [-0.39, 0.29) is 0 Å². The smallest absolute Gasteiger partial charge is 0.133 e. The summed E-state index contributed by atoms with van der Waals surface area (Å²) in [5.41, 5.74) is 6.34. The normalized spacial score (nSPS) is 23.9. The molecule has 1 saturated carbocycles. The van der Waals surface area contributed by atoms with E-state index in [2.05, 4.69) is 17.2 Å². The van der Waals surface area contributed by atoms with E-state index in [4.69, 9.17) is 17.3 Å². The molecule has 1 fully saturated rings. The first kappa shape index (κ1) is 10.6. The third kappa shape index (κ3) is 2.75. The predicted molar refractivity (Wildman–Crippen MR) is 64.1 cm³/mol. The topological polar surface area (TPSA) is 50.9 Å². The summed E-state index contributed by atoms with van der Waals surface area (Å²) in [6, 6.07) is 4.05. The number of nitrogens with two attached hydrogens (primary N) is 1. The number of hydrogen-bond donors (Lipinski definition) is 2. The standard InChI is InChI=1S/C11H16ClN3/c1-2-3-7-4-9(7)14-11-6-8(13)5-10(12)15-11/h5-7,9H,2-4H2,1H3,(H3,13,14,15). The molecule has 0 spiro atoms. The van der Waals surface area contributed by atoms with Crippen LogP contribution in [-0.4, -0.2) is 11.0 Å². The monoisotopic (exact) mass is 225 g/mol. The second-order valence-electron chi connectivity index (χ2n) is 4.14. The van der Waals surface area contributed by atoms with Crippen molar-refractivity contribution in [3.63, 3.8) is 0 Å². The quantitative estimate of drug-likeness (QED) is 0.775. The van der Waals surface area contributed by atoms with Gasteiger partial charge in [0.25, 0.3) is 0 Å². The zero-order valence-electron chi connectivity index (χ0n) is 8.83. The van der Waals surface area contributed by atoms with Crippen LogP contribution in [0.2, 0.25) is 5.15 Å². The molecule has 3 nitrogen and oxygen atoms in total. The fraction of sp³-hybridized carbons (Fsp3) is 0.545. The molecule has 2 unspecified atom stereocenters. The Labute approximate surface area is 95.0 Å². The maximum absolute atomic E-state index is 5.82. The van der Waals surface area contributed by atoms with Gasteiger partial charge in [0, 0.05) is 17.8 Å². The van der Waals surface area contributed by atoms with Crippen LogP contribution in [0.4, 0.5) is 11.5 Å². The highest BCUT2D eigenvalue weighted by Gasteiger charge is 2.36. The molecule has 0 aliphatic heterocycles. The van der Waals surface area contributed by atoms with Crippen molar-refractivity contribution >= 4 is 23.1 Å². The third-order valence-corrected chi connectivity index (χ3v) is 2.93. The zero-order valence-corrected chi connectivity index (χ0v) is 9.59. The van der Waals surface area contributed by atoms with Gasteiger partial charge in [-0.25, -0.2) is 4.98 Å². The molecule has 2 atom stereocenters. The van der Waals surface area contributed by atoms with Gasteiger partial charge in [-0.2, -0.15) is 0 Å². The number of halogens is 1. The molecule has 1 aliphatic rings. The van der Waals surface area contributed by atoms with Crippen molar-refractivity contribution in [3.05, 3.63) is 17.3 Å². The Morgan fingerprint density at radius 3 is 3.07 bits per heavy atom. The molecule has 0 amide bonds. The number of pyridine rings is 1. The van der Waals surface area contributed by atoms with Gasteiger partial charge in [0.05, 0.1) is 0 Å². The van der Waals surface area contributed by atoms with E-state index in [0.29, 0.717) is 16.9 Å². The van der Waals surface area contributed by atoms with Gasteiger partial charge >= 0.3 is 0 Å². The summed E-state index contributed by atoms with van der Waals surface area (Å²) >= 11 is 5.82. The first-order chi connectivity index (χ1) is 7.19. The number of nitrogen functional groups attached to an aromatic ring is 1. The molecular formula is C11H16ClN3. The van der Waals surface area contributed by atoms with Gasteiger partial charge in [0.15, 0.2) is 0 Å². The summed E-state index contributed by atoms with van der Waals surface area (Å²) in [6.07, 6.45) is 3.77. The van der Waals surface area contributed by atoms with Crippen molar-refractivity contribution in [2.75, 3.05) is 11.1 Å². The van der Waals surface area contributed by atoms with Crippen LogP contribution in [0.1, 0.15) is 26.2 Å². The Morgan fingerprint density at radius 1 is 1.60 bits per heavy atom. The van der Waals surface area contributed by atoms with Crippen LogP contribution in [0, 0.1) is 5.92 Å². The average molecular weight is 226 g/mol. The molecule has 0 aromatic carbocycles. The third-order valence-electron chi connectivity index (χ3n) is 2.73. The average Bonchev–Trinajstić information content (AvgIpc) is 2.82. The van der Waals surface area contributed by atoms with Crippen molar-refractivity contribution in [2.24, 2.45) is 5.92 Å². The fourth-order valence-electron chi connectivity index (χ4n) is 1.89. The molecule has 4 heteroatoms. The van der Waals surface area contributed by atoms with Gasteiger partial charge in [0.2, 0.25) is 0 Å². The van der Waals surface area contributed by atoms with Crippen LogP contribution in [-0.2, 0) is 0 Å². The van der Waals surface area contributed by atoms with E-state index in [1.165, 1.54) is 19.3 Å². The minimum atomic E-state index is 0.449. The highest BCUT2D eigenvalue weighted by atomic mass is 35.5. The number of rotatable bonds is 4. The van der Waals surface area contributed by atoms with E-state index in [0.717, 1.165) is 11.7 Å². The van der Waals surface area contributed by atoms with Crippen molar-refractivity contribution in [2.45, 2.75) is 32.2 Å². The number of nitrogens with one attached hydrogen (secondary N) is 1. The Kier molecular flexibility index (Phi) is 3.00. The van der Waals surface area contributed by atoms with E-state index in [1.54, 1.807) is 6.07 Å². The highest BCUT2D eigenvalue weighted by molar-refractivity contribution is 6.29. The molecule has 15 heavy (non-hydrogen) atoms. The maximum atomic E-state index is 5.82. The molecule has 1 aromatic rings. The molecule has 82 valence electrons. The number of aromatic nitrogens is 1. The first-order valence-corrected chi connectivity index (χ1v) is 5.76. The lowest BCUT2D eigenvalue weighted by Crippen LogP contribution is -2.06. The van der Waals surface area contributed by atoms with Crippen molar-refractivity contribution in [1.29, 1.82) is 0 Å². The van der Waals surface area contributed by atoms with Gasteiger partial charge < -0.3 is 11.1 Å². The van der Waals surface area contributed by atoms with Gasteiger partial charge in [0.1, 0.15) is 11.0 Å². The lowest BCUT2D eigenvalue weighted by molar-refractivity contribution is 0.692. The number of nitrogens with zero attached hydrogens (tertiary/aromatic N) is 1. The van der Waals surface area contributed by atoms with Gasteiger partial charge in [-0.05, 0) is 24.8 Å². The lowest BCUT2D eigenvalue weighted by Gasteiger charge is -2.06. The van der Waals surface area contributed by atoms with E-state index < -0.39 is 0 Å². The molecule has 0 saturated heterocycles. The predicted octanol–water partition coefficient (Wildman–Crippen LogP) is 2.92. The number of hydrogen-bond acceptors (Lipinski definition) is 3. The molecule has 0 radical (unpaired) electrons. The van der Waals surface area contributed by atoms with Crippen LogP contribution in [0.3, 0.4) is 0 Å². The summed E-state index contributed by atoms with van der Waals surface area (Å²) in [5.74, 6) is 1.60. The van der Waals surface area contributed by atoms with Crippen molar-refractivity contribution in [1.82, 2.24) is 4.98 Å². The van der Waals surface area contributed by atoms with Crippen molar-refractivity contribution < 1.29 is 0 Å². The van der Waals surface area contributed by atoms with Crippen LogP contribution in [0.15, 0.2) is 12.1 Å². The van der Waals surface area contributed by atoms with E-state index in [9.17, 15) is 0 Å². The SMILES string of the molecule is CCCC1CC1Nc1cc(N)cc(Cl)n1. The van der Waals surface area contributed by atoms with E-state index in [1.807, 2.05) is 6.07 Å². The molecule has 1 aromatic heterocycles. The minimum absolute atomic E-state index is 0.449. The minimum Gasteiger partial charge on any atom is -0.399 e. The van der Waals surface area contributed by atoms with Crippen LogP contribution in [0.25, 0.3) is 0 Å². The Balaban J connectivity index is 1.94. The second kappa shape index (κ2) is 4.27. The Morgan fingerprint density at radius 2 is 2.40 bits per heavy atom. The zero-order chi connectivity index (χ0) is 10.8. The Hall–Kier alpha value is -0.960. The van der Waals surface area contributed by atoms with Crippen molar-refractivity contribution in [3.8, 4) is 0 Å².